The van der Waals surface area contributed by atoms with Gasteiger partial charge in [0.25, 0.3) is 5.91 Å². The first-order valence-electron chi connectivity index (χ1n) is 9.55. The highest BCUT2D eigenvalue weighted by Gasteiger charge is 2.17. The average Bonchev–Trinajstić information content (AvgIpc) is 3.23. The van der Waals surface area contributed by atoms with Crippen molar-refractivity contribution in [3.8, 4) is 28.6 Å². The first kappa shape index (κ1) is 18.1. The summed E-state index contributed by atoms with van der Waals surface area (Å²) in [6, 6.07) is 18.5. The number of hydrogen-bond acceptors (Lipinski definition) is 5. The molecule has 0 spiro atoms. The van der Waals surface area contributed by atoms with Crippen LogP contribution in [0.5, 0.6) is 17.2 Å². The zero-order chi connectivity index (χ0) is 20.5. The van der Waals surface area contributed by atoms with Crippen molar-refractivity contribution in [3.63, 3.8) is 0 Å². The van der Waals surface area contributed by atoms with E-state index in [0.717, 1.165) is 16.6 Å². The maximum Gasteiger partial charge on any atom is 0.255 e. The minimum Gasteiger partial charge on any atom is -0.495 e. The quantitative estimate of drug-likeness (QED) is 0.534. The predicted octanol–water partition coefficient (Wildman–Crippen LogP) is 4.26. The molecule has 0 saturated heterocycles. The number of aromatic amines is 1. The molecule has 7 nitrogen and oxygen atoms in total. The minimum atomic E-state index is -0.271. The Hall–Kier alpha value is -4.00. The maximum atomic E-state index is 12.9. The third-order valence-electron chi connectivity index (χ3n) is 4.91. The number of hydrogen-bond donors (Lipinski definition) is 2. The number of nitrogens with one attached hydrogen (secondary N) is 2. The summed E-state index contributed by atoms with van der Waals surface area (Å²) >= 11 is 0. The van der Waals surface area contributed by atoms with E-state index >= 15 is 0 Å². The number of carbonyl (C=O) groups excluding carboxylic acids is 1. The molecule has 7 heteroatoms. The summed E-state index contributed by atoms with van der Waals surface area (Å²) in [7, 11) is 1.57. The number of benzene rings is 3. The maximum absolute atomic E-state index is 12.9. The van der Waals surface area contributed by atoms with E-state index in [0.29, 0.717) is 47.5 Å². The first-order valence-corrected chi connectivity index (χ1v) is 9.55. The molecular weight excluding hydrogens is 382 g/mol. The van der Waals surface area contributed by atoms with Crippen molar-refractivity contribution in [2.45, 2.75) is 0 Å². The van der Waals surface area contributed by atoms with Crippen molar-refractivity contribution in [3.05, 3.63) is 66.2 Å². The van der Waals surface area contributed by atoms with Crippen LogP contribution in [0, 0.1) is 0 Å². The van der Waals surface area contributed by atoms with Crippen molar-refractivity contribution in [1.29, 1.82) is 0 Å². The number of aromatic nitrogens is 2. The van der Waals surface area contributed by atoms with Crippen molar-refractivity contribution in [1.82, 2.24) is 9.97 Å². The Morgan fingerprint density at radius 3 is 2.70 bits per heavy atom. The monoisotopic (exact) mass is 401 g/mol. The molecule has 5 rings (SSSR count). The van der Waals surface area contributed by atoms with E-state index in [1.807, 2.05) is 42.5 Å². The van der Waals surface area contributed by atoms with Crippen LogP contribution in [0.1, 0.15) is 10.4 Å². The molecular formula is C23H19N3O4. The van der Waals surface area contributed by atoms with Crippen LogP contribution in [0.15, 0.2) is 60.7 Å². The van der Waals surface area contributed by atoms with Gasteiger partial charge in [0, 0.05) is 11.1 Å². The normalized spacial score (nSPS) is 12.6. The number of nitrogens with zero attached hydrogens (tertiary/aromatic N) is 1. The molecule has 2 N–H and O–H groups in total. The Balaban J connectivity index is 1.46. The van der Waals surface area contributed by atoms with Crippen LogP contribution < -0.4 is 19.5 Å². The zero-order valence-electron chi connectivity index (χ0n) is 16.3. The van der Waals surface area contributed by atoms with Gasteiger partial charge in [-0.05, 0) is 48.5 Å². The molecule has 1 aliphatic heterocycles. The van der Waals surface area contributed by atoms with Crippen molar-refractivity contribution < 1.29 is 19.0 Å². The van der Waals surface area contributed by atoms with Gasteiger partial charge in [0.05, 0.1) is 23.8 Å². The Morgan fingerprint density at radius 1 is 1.03 bits per heavy atom. The minimum absolute atomic E-state index is 0.271. The van der Waals surface area contributed by atoms with E-state index in [-0.39, 0.29) is 5.91 Å². The molecule has 0 fully saturated rings. The molecule has 1 aliphatic rings. The van der Waals surface area contributed by atoms with E-state index < -0.39 is 0 Å². The molecule has 0 saturated carbocycles. The van der Waals surface area contributed by atoms with Crippen LogP contribution >= 0.6 is 0 Å². The highest BCUT2D eigenvalue weighted by Crippen LogP contribution is 2.33. The number of carbonyl (C=O) groups is 1. The van der Waals surface area contributed by atoms with Gasteiger partial charge in [0.2, 0.25) is 0 Å². The lowest BCUT2D eigenvalue weighted by atomic mass is 10.1. The van der Waals surface area contributed by atoms with Gasteiger partial charge in [-0.15, -0.1) is 0 Å². The molecule has 0 aliphatic carbocycles. The van der Waals surface area contributed by atoms with Crippen LogP contribution in [0.3, 0.4) is 0 Å². The Kier molecular flexibility index (Phi) is 4.48. The summed E-state index contributed by atoms with van der Waals surface area (Å²) in [5.41, 5.74) is 3.69. The molecule has 3 aromatic carbocycles. The SMILES string of the molecule is COc1ccc(-c2nc3ccccc3[nH]2)cc1NC(=O)c1ccc2c(c1)OCCO2. The van der Waals surface area contributed by atoms with Gasteiger partial charge >= 0.3 is 0 Å². The van der Waals surface area contributed by atoms with E-state index in [1.54, 1.807) is 25.3 Å². The summed E-state index contributed by atoms with van der Waals surface area (Å²) in [6.45, 7) is 0.968. The molecule has 4 aromatic rings. The summed E-state index contributed by atoms with van der Waals surface area (Å²) in [6.07, 6.45) is 0. The van der Waals surface area contributed by atoms with E-state index in [9.17, 15) is 4.79 Å². The van der Waals surface area contributed by atoms with Crippen LogP contribution in [0.4, 0.5) is 5.69 Å². The third-order valence-corrected chi connectivity index (χ3v) is 4.91. The smallest absolute Gasteiger partial charge is 0.255 e. The molecule has 150 valence electrons. The number of amides is 1. The number of methoxy groups -OCH3 is 1. The summed E-state index contributed by atoms with van der Waals surface area (Å²) < 4.78 is 16.5. The molecule has 0 bridgehead atoms. The number of ether oxygens (including phenoxy) is 3. The highest BCUT2D eigenvalue weighted by atomic mass is 16.6. The van der Waals surface area contributed by atoms with Gasteiger partial charge in [-0.2, -0.15) is 0 Å². The van der Waals surface area contributed by atoms with E-state index in [1.165, 1.54) is 0 Å². The number of H-pyrrole nitrogens is 1. The molecule has 30 heavy (non-hydrogen) atoms. The fraction of sp³-hybridized carbons (Fsp3) is 0.130. The van der Waals surface area contributed by atoms with E-state index in [4.69, 9.17) is 14.2 Å². The molecule has 0 unspecified atom stereocenters. The summed E-state index contributed by atoms with van der Waals surface area (Å²) in [4.78, 5) is 20.8. The van der Waals surface area contributed by atoms with E-state index in [2.05, 4.69) is 15.3 Å². The molecule has 2 heterocycles. The van der Waals surface area contributed by atoms with Crippen LogP contribution in [-0.4, -0.2) is 36.2 Å². The lowest BCUT2D eigenvalue weighted by molar-refractivity contribution is 0.102. The van der Waals surface area contributed by atoms with Crippen LogP contribution in [-0.2, 0) is 0 Å². The van der Waals surface area contributed by atoms with Gasteiger partial charge in [-0.3, -0.25) is 4.79 Å². The topological polar surface area (TPSA) is 85.5 Å². The van der Waals surface area contributed by atoms with Crippen molar-refractivity contribution in [2.24, 2.45) is 0 Å². The lowest BCUT2D eigenvalue weighted by Crippen LogP contribution is -2.17. The second-order valence-corrected chi connectivity index (χ2v) is 6.83. The van der Waals surface area contributed by atoms with Gasteiger partial charge < -0.3 is 24.5 Å². The molecule has 0 atom stereocenters. The largest absolute Gasteiger partial charge is 0.495 e. The fourth-order valence-corrected chi connectivity index (χ4v) is 3.42. The van der Waals surface area contributed by atoms with Gasteiger partial charge in [-0.1, -0.05) is 12.1 Å². The molecule has 0 radical (unpaired) electrons. The van der Waals surface area contributed by atoms with Gasteiger partial charge in [0.1, 0.15) is 24.8 Å². The second-order valence-electron chi connectivity index (χ2n) is 6.83. The van der Waals surface area contributed by atoms with Crippen molar-refractivity contribution >= 4 is 22.6 Å². The average molecular weight is 401 g/mol. The Morgan fingerprint density at radius 2 is 1.87 bits per heavy atom. The zero-order valence-corrected chi connectivity index (χ0v) is 16.3. The Labute approximate surface area is 172 Å². The first-order chi connectivity index (χ1) is 14.7. The lowest BCUT2D eigenvalue weighted by Gasteiger charge is -2.19. The van der Waals surface area contributed by atoms with Crippen LogP contribution in [0.2, 0.25) is 0 Å². The third kappa shape index (κ3) is 3.30. The van der Waals surface area contributed by atoms with Crippen LogP contribution in [0.25, 0.3) is 22.4 Å². The molecule has 1 amide bonds. The fourth-order valence-electron chi connectivity index (χ4n) is 3.42. The standard InChI is InChI=1S/C23H19N3O4/c1-28-19-8-6-14(22-24-16-4-2-3-5-17(16)25-22)12-18(19)26-23(27)15-7-9-20-21(13-15)30-11-10-29-20/h2-9,12-13H,10-11H2,1H3,(H,24,25)(H,26,27). The number of imidazole rings is 1. The number of anilines is 1. The molecule has 1 aromatic heterocycles. The Bertz CT molecular complexity index is 1220. The summed E-state index contributed by atoms with van der Waals surface area (Å²) in [5.74, 6) is 2.21. The highest BCUT2D eigenvalue weighted by molar-refractivity contribution is 6.05. The summed E-state index contributed by atoms with van der Waals surface area (Å²) in [5, 5.41) is 2.93. The van der Waals surface area contributed by atoms with Gasteiger partial charge in [-0.25, -0.2) is 4.98 Å². The predicted molar refractivity (Wildman–Crippen MR) is 113 cm³/mol. The number of para-hydroxylation sites is 2. The van der Waals surface area contributed by atoms with Gasteiger partial charge in [0.15, 0.2) is 11.5 Å². The van der Waals surface area contributed by atoms with Crippen molar-refractivity contribution in [2.75, 3.05) is 25.6 Å². The second kappa shape index (κ2) is 7.44. The number of fused-ring (bicyclic) bond motifs is 2. The number of rotatable bonds is 4.